The number of aliphatic hydroxyl groups is 1. The number of pyridine rings is 1. The summed E-state index contributed by atoms with van der Waals surface area (Å²) in [6.07, 6.45) is 4.39. The topological polar surface area (TPSA) is 169 Å². The molecule has 3 fully saturated rings. The number of aliphatic hydroxyl groups excluding tert-OH is 1. The first kappa shape index (κ1) is 44.4. The van der Waals surface area contributed by atoms with Crippen molar-refractivity contribution in [2.75, 3.05) is 13.7 Å². The van der Waals surface area contributed by atoms with Crippen molar-refractivity contribution in [3.8, 4) is 11.3 Å². The van der Waals surface area contributed by atoms with Gasteiger partial charge in [-0.2, -0.15) is 0 Å². The summed E-state index contributed by atoms with van der Waals surface area (Å²) in [5.41, 5.74) is -0.927. The smallest absolute Gasteiger partial charge is 0.410 e. The predicted octanol–water partition coefficient (Wildman–Crippen LogP) is 5.88. The van der Waals surface area contributed by atoms with Gasteiger partial charge in [0.2, 0.25) is 0 Å². The van der Waals surface area contributed by atoms with E-state index >= 15 is 0 Å². The van der Waals surface area contributed by atoms with Gasteiger partial charge in [0.05, 0.1) is 35.9 Å². The Balaban J connectivity index is 1.41. The van der Waals surface area contributed by atoms with Crippen molar-refractivity contribution in [2.24, 2.45) is 35.5 Å². The summed E-state index contributed by atoms with van der Waals surface area (Å²) in [5.74, 6) is -4.89. The van der Waals surface area contributed by atoms with Crippen LogP contribution in [0.15, 0.2) is 37.1 Å². The molecule has 1 amide bonds. The number of imidazole rings is 1. The van der Waals surface area contributed by atoms with Gasteiger partial charge in [-0.15, -0.1) is 0 Å². The average molecular weight is 797 g/mol. The van der Waals surface area contributed by atoms with Crippen molar-refractivity contribution in [2.45, 2.75) is 149 Å². The summed E-state index contributed by atoms with van der Waals surface area (Å²) in [5, 5.41) is 11.5. The Labute approximate surface area is 337 Å². The summed E-state index contributed by atoms with van der Waals surface area (Å²) in [7, 11) is 1.50. The summed E-state index contributed by atoms with van der Waals surface area (Å²) >= 11 is 0. The van der Waals surface area contributed by atoms with Crippen molar-refractivity contribution in [1.29, 1.82) is 0 Å². The van der Waals surface area contributed by atoms with E-state index in [0.717, 1.165) is 11.3 Å². The van der Waals surface area contributed by atoms with Crippen molar-refractivity contribution in [3.63, 3.8) is 0 Å². The van der Waals surface area contributed by atoms with E-state index in [0.29, 0.717) is 32.4 Å². The third-order valence-electron chi connectivity index (χ3n) is 12.9. The quantitative estimate of drug-likeness (QED) is 0.173. The molecule has 316 valence electrons. The molecule has 0 bridgehead atoms. The molecular formula is C43H64N4O10. The fourth-order valence-electron chi connectivity index (χ4n) is 9.26. The van der Waals surface area contributed by atoms with Gasteiger partial charge in [-0.25, -0.2) is 9.78 Å². The Morgan fingerprint density at radius 1 is 1.00 bits per heavy atom. The molecule has 2 aromatic heterocycles. The minimum absolute atomic E-state index is 0.112. The molecule has 0 radical (unpaired) electrons. The second kappa shape index (κ2) is 18.0. The van der Waals surface area contributed by atoms with Crippen LogP contribution in [0.2, 0.25) is 0 Å². The zero-order chi connectivity index (χ0) is 42.0. The van der Waals surface area contributed by atoms with Crippen LogP contribution >= 0.6 is 0 Å². The first-order valence-corrected chi connectivity index (χ1v) is 20.6. The predicted molar refractivity (Wildman–Crippen MR) is 210 cm³/mol. The second-order valence-electron chi connectivity index (χ2n) is 17.4. The molecule has 1 N–H and O–H groups in total. The van der Waals surface area contributed by atoms with E-state index in [-0.39, 0.29) is 30.1 Å². The monoisotopic (exact) mass is 796 g/mol. The van der Waals surface area contributed by atoms with Crippen LogP contribution in [0, 0.1) is 35.5 Å². The second-order valence-corrected chi connectivity index (χ2v) is 17.4. The first-order valence-electron chi connectivity index (χ1n) is 20.6. The number of nitrogens with zero attached hydrogens (tertiary/aromatic N) is 4. The summed E-state index contributed by atoms with van der Waals surface area (Å²) in [6, 6.07) is 3.02. The maximum atomic E-state index is 14.6. The molecule has 0 aliphatic carbocycles. The number of ketones is 2. The zero-order valence-electron chi connectivity index (χ0n) is 35.5. The maximum absolute atomic E-state index is 14.6. The third kappa shape index (κ3) is 9.29. The fourth-order valence-corrected chi connectivity index (χ4v) is 9.26. The van der Waals surface area contributed by atoms with Gasteiger partial charge in [0.15, 0.2) is 17.7 Å². The highest BCUT2D eigenvalue weighted by molar-refractivity contribution is 6.00. The SMILES string of the molecule is CO[C@]1(C)C[C@@H](C)C(=O)[C@H](C)[C@@H]2N(CCCCn3cnc(-c4cccnc4)c3)C(=O)O[C@]2(C)C(C)OC(=O)[C@H](C)C(=O)[C@H](C)C1O[C@@H]1O[C@H](C)C[C@H](C(C)C)[C@H]1O. The van der Waals surface area contributed by atoms with Gasteiger partial charge in [0.1, 0.15) is 23.9 Å². The molecule has 14 nitrogen and oxygen atoms in total. The maximum Gasteiger partial charge on any atom is 0.410 e. The number of fused-ring (bicyclic) bond motifs is 1. The van der Waals surface area contributed by atoms with Crippen LogP contribution in [0.25, 0.3) is 11.3 Å². The first-order chi connectivity index (χ1) is 26.8. The molecule has 3 saturated heterocycles. The number of rotatable bonds is 10. The van der Waals surface area contributed by atoms with Gasteiger partial charge in [0, 0.05) is 62.1 Å². The summed E-state index contributed by atoms with van der Waals surface area (Å²) < 4.78 is 33.0. The van der Waals surface area contributed by atoms with Crippen LogP contribution in [0.4, 0.5) is 4.79 Å². The number of esters is 1. The van der Waals surface area contributed by atoms with E-state index in [1.54, 1.807) is 58.2 Å². The highest BCUT2D eigenvalue weighted by atomic mass is 16.7. The molecule has 3 aliphatic heterocycles. The van der Waals surface area contributed by atoms with Crippen LogP contribution in [0.3, 0.4) is 0 Å². The van der Waals surface area contributed by atoms with Gasteiger partial charge in [0.25, 0.3) is 0 Å². The molecule has 57 heavy (non-hydrogen) atoms. The van der Waals surface area contributed by atoms with Crippen LogP contribution in [0.1, 0.15) is 94.9 Å². The highest BCUT2D eigenvalue weighted by Crippen LogP contribution is 2.43. The molecule has 3 aliphatic rings. The highest BCUT2D eigenvalue weighted by Gasteiger charge is 2.59. The van der Waals surface area contributed by atoms with Crippen LogP contribution < -0.4 is 0 Å². The van der Waals surface area contributed by atoms with Crippen molar-refractivity contribution in [3.05, 3.63) is 37.1 Å². The Kier molecular flexibility index (Phi) is 14.1. The number of methoxy groups -OCH3 is 1. The van der Waals surface area contributed by atoms with Gasteiger partial charge >= 0.3 is 12.1 Å². The van der Waals surface area contributed by atoms with E-state index in [2.05, 4.69) is 9.97 Å². The molecular weight excluding hydrogens is 732 g/mol. The van der Waals surface area contributed by atoms with Gasteiger partial charge in [-0.05, 0) is 84.3 Å². The van der Waals surface area contributed by atoms with Crippen molar-refractivity contribution >= 4 is 23.6 Å². The lowest BCUT2D eigenvalue weighted by Gasteiger charge is -2.46. The average Bonchev–Trinajstić information content (AvgIpc) is 3.76. The van der Waals surface area contributed by atoms with E-state index in [1.165, 1.54) is 14.0 Å². The summed E-state index contributed by atoms with van der Waals surface area (Å²) in [6.45, 7) is 18.8. The molecule has 5 heterocycles. The molecule has 2 aromatic rings. The van der Waals surface area contributed by atoms with Crippen molar-refractivity contribution < 1.29 is 48.0 Å². The number of hydrogen-bond acceptors (Lipinski definition) is 12. The Morgan fingerprint density at radius 3 is 2.35 bits per heavy atom. The number of Topliss-reactive ketones (excluding diaryl/α,β-unsaturated/α-hetero) is 2. The number of amides is 1. The minimum Gasteiger partial charge on any atom is -0.458 e. The van der Waals surface area contributed by atoms with Gasteiger partial charge in [-0.1, -0.05) is 34.6 Å². The number of cyclic esters (lactones) is 1. The molecule has 14 heteroatoms. The van der Waals surface area contributed by atoms with E-state index < -0.39 is 83.4 Å². The Hall–Kier alpha value is -3.72. The lowest BCUT2D eigenvalue weighted by molar-refractivity contribution is -0.299. The normalized spacial score (nSPS) is 37.1. The lowest BCUT2D eigenvalue weighted by atomic mass is 9.73. The van der Waals surface area contributed by atoms with Crippen molar-refractivity contribution in [1.82, 2.24) is 19.4 Å². The van der Waals surface area contributed by atoms with E-state index in [4.69, 9.17) is 23.7 Å². The molecule has 0 saturated carbocycles. The molecule has 2 unspecified atom stereocenters. The fraction of sp³-hybridized carbons (Fsp3) is 0.721. The molecule has 0 spiro atoms. The lowest BCUT2D eigenvalue weighted by Crippen LogP contribution is -2.59. The molecule has 5 rings (SSSR count). The molecule has 0 aromatic carbocycles. The standard InChI is InChI=1S/C43H64N4O10/c1-24(2)32-19-26(4)54-40(36(32)50)56-38-28(6)35(49)29(7)39(51)55-30(8)43(10)37(27(5)34(48)25(3)20-42(38,9)53-11)47(41(52)57-43)18-13-12-17-46-22-33(45-23-46)31-15-14-16-44-21-31/h14-16,21-30,32,36-38,40,50H,12-13,17-20H2,1-11H3/t25-,26-,27+,28+,29-,30?,32-,36-,37+,38?,40+,42-,43-/m1/s1. The molecule has 13 atom stereocenters. The van der Waals surface area contributed by atoms with Crippen LogP contribution in [0.5, 0.6) is 0 Å². The number of carbonyl (C=O) groups is 4. The number of unbranched alkanes of at least 4 members (excludes halogenated alkanes) is 1. The van der Waals surface area contributed by atoms with Crippen LogP contribution in [-0.2, 0) is 44.6 Å². The summed E-state index contributed by atoms with van der Waals surface area (Å²) in [4.78, 5) is 66.7. The largest absolute Gasteiger partial charge is 0.458 e. The van der Waals surface area contributed by atoms with Crippen LogP contribution in [-0.4, -0.2) is 110 Å². The third-order valence-corrected chi connectivity index (χ3v) is 12.9. The van der Waals surface area contributed by atoms with E-state index in [9.17, 15) is 24.3 Å². The number of aryl methyl sites for hydroxylation is 1. The number of carbonyl (C=O) groups excluding carboxylic acids is 4. The minimum atomic E-state index is -1.41. The zero-order valence-corrected chi connectivity index (χ0v) is 35.5. The number of aromatic nitrogens is 3. The van der Waals surface area contributed by atoms with Gasteiger partial charge < -0.3 is 38.3 Å². The number of ether oxygens (including phenoxy) is 5. The number of hydrogen-bond donors (Lipinski definition) is 1. The van der Waals surface area contributed by atoms with Gasteiger partial charge in [-0.3, -0.25) is 19.4 Å². The Bertz CT molecular complexity index is 1720. The van der Waals surface area contributed by atoms with E-state index in [1.807, 2.05) is 50.6 Å². The Morgan fingerprint density at radius 2 is 1.70 bits per heavy atom.